The van der Waals surface area contributed by atoms with Gasteiger partial charge in [0.2, 0.25) is 0 Å². The van der Waals surface area contributed by atoms with Gasteiger partial charge in [-0.05, 0) is 24.6 Å². The van der Waals surface area contributed by atoms with E-state index >= 15 is 0 Å². The lowest BCUT2D eigenvalue weighted by Crippen LogP contribution is -2.14. The Morgan fingerprint density at radius 2 is 1.06 bits per heavy atom. The van der Waals surface area contributed by atoms with Gasteiger partial charge in [0.15, 0.2) is 0 Å². The molecule has 36 heavy (non-hydrogen) atoms. The van der Waals surface area contributed by atoms with Gasteiger partial charge in [-0.15, -0.1) is 0 Å². The Kier molecular flexibility index (Phi) is 15.2. The Labute approximate surface area is 216 Å². The van der Waals surface area contributed by atoms with E-state index in [1.807, 2.05) is 0 Å². The largest absolute Gasteiger partial charge is 0.462 e. The van der Waals surface area contributed by atoms with Crippen molar-refractivity contribution >= 4 is 11.9 Å². The first-order valence-electron chi connectivity index (χ1n) is 13.8. The number of rotatable bonds is 19. The lowest BCUT2D eigenvalue weighted by molar-refractivity contribution is 0.0433. The average Bonchev–Trinajstić information content (AvgIpc) is 2.90. The Balaban J connectivity index is 1.57. The topological polar surface area (TPSA) is 52.6 Å². The first kappa shape index (κ1) is 29.5. The number of unbranched alkanes of at least 4 members (excludes halogenated alkanes) is 13. The van der Waals surface area contributed by atoms with E-state index in [2.05, 4.69) is 6.92 Å². The summed E-state index contributed by atoms with van der Waals surface area (Å²) in [5, 5.41) is 0. The van der Waals surface area contributed by atoms with Crippen molar-refractivity contribution in [1.82, 2.24) is 0 Å². The van der Waals surface area contributed by atoms with Crippen molar-refractivity contribution in [2.45, 2.75) is 103 Å². The molecule has 2 aromatic carbocycles. The molecule has 0 N–H and O–H groups in total. The van der Waals surface area contributed by atoms with Crippen molar-refractivity contribution in [3.05, 3.63) is 71.0 Å². The van der Waals surface area contributed by atoms with Crippen LogP contribution < -0.4 is 0 Å². The molecule has 0 saturated heterocycles. The third-order valence-electron chi connectivity index (χ3n) is 6.41. The van der Waals surface area contributed by atoms with Crippen LogP contribution in [-0.2, 0) is 16.1 Å². The average molecular weight is 499 g/mol. The fourth-order valence-electron chi connectivity index (χ4n) is 4.21. The lowest BCUT2D eigenvalue weighted by atomic mass is 10.0. The fourth-order valence-corrected chi connectivity index (χ4v) is 4.21. The molecule has 0 radical (unpaired) electrons. The number of esters is 2. The maximum Gasteiger partial charge on any atom is 0.339 e. The Bertz CT molecular complexity index is 896. The molecule has 2 aromatic rings. The number of ether oxygens (including phenoxy) is 2. The number of halogens is 1. The van der Waals surface area contributed by atoms with E-state index in [9.17, 15) is 14.0 Å². The molecule has 0 bridgehead atoms. The van der Waals surface area contributed by atoms with Crippen LogP contribution in [0.1, 0.15) is 123 Å². The van der Waals surface area contributed by atoms with Gasteiger partial charge in [-0.3, -0.25) is 0 Å². The van der Waals surface area contributed by atoms with E-state index in [0.717, 1.165) is 19.3 Å². The molecule has 0 atom stereocenters. The SMILES string of the molecule is CCCCCCCCCCCCCCCCOC(=O)c1ccccc1C(=O)OCc1ccccc1F. The van der Waals surface area contributed by atoms with Crippen molar-refractivity contribution in [2.24, 2.45) is 0 Å². The molecule has 0 saturated carbocycles. The molecule has 198 valence electrons. The van der Waals surface area contributed by atoms with Crippen LogP contribution in [-0.4, -0.2) is 18.5 Å². The summed E-state index contributed by atoms with van der Waals surface area (Å²) < 4.78 is 24.4. The molecular formula is C31H43FO4. The van der Waals surface area contributed by atoms with E-state index in [0.29, 0.717) is 6.61 Å². The molecule has 0 heterocycles. The molecule has 0 fully saturated rings. The van der Waals surface area contributed by atoms with Crippen LogP contribution in [0.15, 0.2) is 48.5 Å². The summed E-state index contributed by atoms with van der Waals surface area (Å²) >= 11 is 0. The molecule has 0 aliphatic heterocycles. The second-order valence-corrected chi connectivity index (χ2v) is 9.45. The maximum absolute atomic E-state index is 13.8. The molecular weight excluding hydrogens is 455 g/mol. The molecule has 0 amide bonds. The van der Waals surface area contributed by atoms with Crippen LogP contribution in [0.4, 0.5) is 4.39 Å². The second kappa shape index (κ2) is 18.6. The van der Waals surface area contributed by atoms with Gasteiger partial charge in [0, 0.05) is 5.56 Å². The number of hydrogen-bond donors (Lipinski definition) is 0. The zero-order chi connectivity index (χ0) is 25.8. The normalized spacial score (nSPS) is 10.8. The van der Waals surface area contributed by atoms with Crippen molar-refractivity contribution in [3.8, 4) is 0 Å². The van der Waals surface area contributed by atoms with Gasteiger partial charge in [0.25, 0.3) is 0 Å². The summed E-state index contributed by atoms with van der Waals surface area (Å²) in [7, 11) is 0. The summed E-state index contributed by atoms with van der Waals surface area (Å²) in [5.74, 6) is -1.66. The standard InChI is InChI=1S/C31H43FO4/c1-2-3-4-5-6-7-8-9-10-11-12-13-14-19-24-35-30(33)27-21-16-17-22-28(27)31(34)36-25-26-20-15-18-23-29(26)32/h15-18,20-23H,2-14,19,24-25H2,1H3. The van der Waals surface area contributed by atoms with Gasteiger partial charge in [0.1, 0.15) is 12.4 Å². The number of hydrogen-bond acceptors (Lipinski definition) is 4. The Morgan fingerprint density at radius 3 is 1.58 bits per heavy atom. The zero-order valence-electron chi connectivity index (χ0n) is 21.9. The third-order valence-corrected chi connectivity index (χ3v) is 6.41. The monoisotopic (exact) mass is 498 g/mol. The first-order valence-corrected chi connectivity index (χ1v) is 13.8. The van der Waals surface area contributed by atoms with E-state index in [1.165, 1.54) is 82.8 Å². The molecule has 4 nitrogen and oxygen atoms in total. The number of benzene rings is 2. The molecule has 0 unspecified atom stereocenters. The van der Waals surface area contributed by atoms with Crippen molar-refractivity contribution in [2.75, 3.05) is 6.61 Å². The second-order valence-electron chi connectivity index (χ2n) is 9.45. The van der Waals surface area contributed by atoms with Crippen LogP contribution in [0.2, 0.25) is 0 Å². The highest BCUT2D eigenvalue weighted by molar-refractivity contribution is 6.03. The van der Waals surface area contributed by atoms with Gasteiger partial charge >= 0.3 is 11.9 Å². The summed E-state index contributed by atoms with van der Waals surface area (Å²) in [5.41, 5.74) is 0.574. The maximum atomic E-state index is 13.8. The van der Waals surface area contributed by atoms with E-state index in [-0.39, 0.29) is 23.3 Å². The van der Waals surface area contributed by atoms with Crippen LogP contribution in [0.25, 0.3) is 0 Å². The number of carbonyl (C=O) groups is 2. The van der Waals surface area contributed by atoms with Crippen molar-refractivity contribution in [1.29, 1.82) is 0 Å². The highest BCUT2D eigenvalue weighted by Crippen LogP contribution is 2.16. The molecule has 0 aromatic heterocycles. The molecule has 0 aliphatic carbocycles. The minimum Gasteiger partial charge on any atom is -0.462 e. The number of carbonyl (C=O) groups excluding carboxylic acids is 2. The zero-order valence-corrected chi connectivity index (χ0v) is 21.9. The molecule has 0 aliphatic rings. The van der Waals surface area contributed by atoms with Crippen molar-refractivity contribution < 1.29 is 23.5 Å². The highest BCUT2D eigenvalue weighted by Gasteiger charge is 2.19. The quantitative estimate of drug-likeness (QED) is 0.143. The predicted molar refractivity (Wildman–Crippen MR) is 143 cm³/mol. The van der Waals surface area contributed by atoms with E-state index in [4.69, 9.17) is 9.47 Å². The van der Waals surface area contributed by atoms with E-state index < -0.39 is 17.8 Å². The Hall–Kier alpha value is -2.69. The highest BCUT2D eigenvalue weighted by atomic mass is 19.1. The Morgan fingerprint density at radius 1 is 0.611 bits per heavy atom. The fraction of sp³-hybridized carbons (Fsp3) is 0.548. The third kappa shape index (κ3) is 11.8. The summed E-state index contributed by atoms with van der Waals surface area (Å²) in [6.07, 6.45) is 17.7. The van der Waals surface area contributed by atoms with Crippen molar-refractivity contribution in [3.63, 3.8) is 0 Å². The van der Waals surface area contributed by atoms with E-state index in [1.54, 1.807) is 36.4 Å². The smallest absolute Gasteiger partial charge is 0.339 e. The molecule has 5 heteroatoms. The summed E-state index contributed by atoms with van der Waals surface area (Å²) in [4.78, 5) is 25.1. The molecule has 2 rings (SSSR count). The van der Waals surface area contributed by atoms with Crippen LogP contribution in [0, 0.1) is 5.82 Å². The summed E-state index contributed by atoms with van der Waals surface area (Å²) in [6, 6.07) is 12.5. The van der Waals surface area contributed by atoms with Crippen LogP contribution >= 0.6 is 0 Å². The van der Waals surface area contributed by atoms with Gasteiger partial charge < -0.3 is 9.47 Å². The lowest BCUT2D eigenvalue weighted by Gasteiger charge is -2.10. The minimum atomic E-state index is -0.678. The molecule has 0 spiro atoms. The van der Waals surface area contributed by atoms with Crippen LogP contribution in [0.3, 0.4) is 0 Å². The first-order chi connectivity index (χ1) is 17.6. The summed E-state index contributed by atoms with van der Waals surface area (Å²) in [6.45, 7) is 2.38. The predicted octanol–water partition coefficient (Wildman–Crippen LogP) is 8.82. The van der Waals surface area contributed by atoms with Gasteiger partial charge in [-0.1, -0.05) is 121 Å². The van der Waals surface area contributed by atoms with Gasteiger partial charge in [0.05, 0.1) is 17.7 Å². The van der Waals surface area contributed by atoms with Crippen LogP contribution in [0.5, 0.6) is 0 Å². The minimum absolute atomic E-state index is 0.125. The van der Waals surface area contributed by atoms with Gasteiger partial charge in [-0.2, -0.15) is 0 Å². The van der Waals surface area contributed by atoms with Gasteiger partial charge in [-0.25, -0.2) is 14.0 Å².